The minimum atomic E-state index is -3.96. The van der Waals surface area contributed by atoms with Crippen LogP contribution in [-0.2, 0) is 14.8 Å². The maximum absolute atomic E-state index is 13.4. The van der Waals surface area contributed by atoms with E-state index >= 15 is 0 Å². The number of H-pyrrole nitrogens is 1. The molecule has 10 nitrogen and oxygen atoms in total. The van der Waals surface area contributed by atoms with E-state index in [1.807, 2.05) is 0 Å². The average molecular weight is 514 g/mol. The van der Waals surface area contributed by atoms with Gasteiger partial charge < -0.3 is 10.1 Å². The van der Waals surface area contributed by atoms with Gasteiger partial charge in [-0.3, -0.25) is 14.9 Å². The number of anilines is 1. The van der Waals surface area contributed by atoms with Gasteiger partial charge in [-0.15, -0.1) is 3.97 Å². The Morgan fingerprint density at radius 1 is 1.11 bits per heavy atom. The fraction of sp³-hybridized carbons (Fsp3) is 0.130. The number of thioether (sulfide) groups is 1. The van der Waals surface area contributed by atoms with Crippen LogP contribution in [0.5, 0.6) is 5.75 Å². The smallest absolute Gasteiger partial charge is 0.336 e. The van der Waals surface area contributed by atoms with Crippen LogP contribution in [0.4, 0.5) is 11.4 Å². The second-order valence-electron chi connectivity index (χ2n) is 7.24. The van der Waals surface area contributed by atoms with Crippen molar-refractivity contribution in [1.82, 2.24) is 4.98 Å². The van der Waals surface area contributed by atoms with Gasteiger partial charge in [0.05, 0.1) is 23.3 Å². The summed E-state index contributed by atoms with van der Waals surface area (Å²) in [6.07, 6.45) is 0. The molecule has 1 heterocycles. The summed E-state index contributed by atoms with van der Waals surface area (Å²) in [5, 5.41) is 14.2. The molecular formula is C23H21N4O6S2+. The quantitative estimate of drug-likeness (QED) is 0.151. The van der Waals surface area contributed by atoms with E-state index in [2.05, 4.69) is 10.3 Å². The second kappa shape index (κ2) is 10.2. The third kappa shape index (κ3) is 5.12. The highest BCUT2D eigenvalue weighted by Crippen LogP contribution is 2.29. The van der Waals surface area contributed by atoms with Crippen molar-refractivity contribution in [2.24, 2.45) is 0 Å². The minimum absolute atomic E-state index is 0.0190. The van der Waals surface area contributed by atoms with Crippen LogP contribution in [0.15, 0.2) is 82.8 Å². The Kier molecular flexibility index (Phi) is 7.03. The average Bonchev–Trinajstić information content (AvgIpc) is 3.23. The van der Waals surface area contributed by atoms with Gasteiger partial charge in [-0.1, -0.05) is 30.3 Å². The van der Waals surface area contributed by atoms with Crippen molar-refractivity contribution in [2.45, 2.75) is 17.0 Å². The lowest BCUT2D eigenvalue weighted by Crippen LogP contribution is -2.44. The summed E-state index contributed by atoms with van der Waals surface area (Å²) in [6, 6.07) is 19.0. The number of carbonyl (C=O) groups is 1. The number of aromatic nitrogens is 2. The molecular weight excluding hydrogens is 492 g/mol. The van der Waals surface area contributed by atoms with Crippen LogP contribution >= 0.6 is 11.8 Å². The molecule has 0 fully saturated rings. The molecule has 0 atom stereocenters. The van der Waals surface area contributed by atoms with E-state index in [4.69, 9.17) is 4.74 Å². The van der Waals surface area contributed by atoms with Gasteiger partial charge in [0, 0.05) is 0 Å². The Morgan fingerprint density at radius 3 is 2.54 bits per heavy atom. The molecule has 0 aliphatic rings. The van der Waals surface area contributed by atoms with Crippen molar-refractivity contribution >= 4 is 50.1 Å². The number of fused-ring (bicyclic) bond motifs is 1. The molecule has 0 spiro atoms. The van der Waals surface area contributed by atoms with Gasteiger partial charge >= 0.3 is 15.2 Å². The topological polar surface area (TPSA) is 135 Å². The van der Waals surface area contributed by atoms with Crippen molar-refractivity contribution in [2.75, 3.05) is 17.7 Å². The van der Waals surface area contributed by atoms with E-state index < -0.39 is 20.9 Å². The van der Waals surface area contributed by atoms with Gasteiger partial charge in [0.1, 0.15) is 16.3 Å². The number of hydrogen-bond donors (Lipinski definition) is 2. The first-order chi connectivity index (χ1) is 16.8. The summed E-state index contributed by atoms with van der Waals surface area (Å²) in [5.41, 5.74) is 0.727. The molecule has 4 rings (SSSR count). The third-order valence-electron chi connectivity index (χ3n) is 4.92. The highest BCUT2D eigenvalue weighted by molar-refractivity contribution is 8.00. The number of nitrogens with one attached hydrogen (secondary N) is 2. The molecule has 0 aliphatic carbocycles. The number of amides is 1. The van der Waals surface area contributed by atoms with Gasteiger partial charge in [-0.25, -0.2) is 4.98 Å². The Labute approximate surface area is 205 Å². The first-order valence-electron chi connectivity index (χ1n) is 10.5. The summed E-state index contributed by atoms with van der Waals surface area (Å²) in [7, 11) is -3.96. The lowest BCUT2D eigenvalue weighted by molar-refractivity contribution is -0.526. The Bertz CT molecular complexity index is 1500. The summed E-state index contributed by atoms with van der Waals surface area (Å²) >= 11 is 0.969. The van der Waals surface area contributed by atoms with Crippen molar-refractivity contribution in [1.29, 1.82) is 0 Å². The number of benzene rings is 3. The maximum Gasteiger partial charge on any atom is 0.336 e. The Morgan fingerprint density at radius 2 is 1.83 bits per heavy atom. The van der Waals surface area contributed by atoms with E-state index in [0.717, 1.165) is 15.7 Å². The van der Waals surface area contributed by atoms with Crippen molar-refractivity contribution in [3.05, 3.63) is 82.9 Å². The monoisotopic (exact) mass is 513 g/mol. The number of hydrogen-bond acceptors (Lipinski definition) is 7. The van der Waals surface area contributed by atoms with Crippen LogP contribution in [0.2, 0.25) is 0 Å². The molecule has 1 aromatic heterocycles. The first kappa shape index (κ1) is 24.2. The molecule has 35 heavy (non-hydrogen) atoms. The van der Waals surface area contributed by atoms with Gasteiger partial charge in [-0.05, 0) is 55.1 Å². The van der Waals surface area contributed by atoms with Gasteiger partial charge in [0.15, 0.2) is 11.0 Å². The van der Waals surface area contributed by atoms with Crippen LogP contribution in [0.25, 0.3) is 11.0 Å². The highest BCUT2D eigenvalue weighted by atomic mass is 32.2. The second-order valence-corrected chi connectivity index (χ2v) is 9.99. The standard InChI is InChI=1S/C23H20N4O6S2/c1-2-33-16-12-13-19(21(14-16)27(29)30)24-22(28)15-34-23-25-18-10-6-7-11-20(18)26(23)35(31,32)17-8-4-3-5-9-17/h3-14H,2,15H2,1H3,(H,24,28)/p+1. The van der Waals surface area contributed by atoms with E-state index in [9.17, 15) is 23.3 Å². The molecule has 180 valence electrons. The van der Waals surface area contributed by atoms with E-state index in [-0.39, 0.29) is 27.2 Å². The fourth-order valence-corrected chi connectivity index (χ4v) is 5.99. The lowest BCUT2D eigenvalue weighted by atomic mass is 10.2. The molecule has 1 amide bonds. The maximum atomic E-state index is 13.4. The summed E-state index contributed by atoms with van der Waals surface area (Å²) in [6.45, 7) is 2.10. The van der Waals surface area contributed by atoms with Crippen LogP contribution in [0.1, 0.15) is 6.92 Å². The summed E-state index contributed by atoms with van der Waals surface area (Å²) in [5.74, 6) is -0.414. The van der Waals surface area contributed by atoms with Crippen molar-refractivity contribution in [3.8, 4) is 5.75 Å². The molecule has 12 heteroatoms. The van der Waals surface area contributed by atoms with Crippen molar-refractivity contribution < 1.29 is 26.8 Å². The molecule has 2 N–H and O–H groups in total. The number of aromatic amines is 1. The first-order valence-corrected chi connectivity index (χ1v) is 12.9. The lowest BCUT2D eigenvalue weighted by Gasteiger charge is -2.08. The van der Waals surface area contributed by atoms with Crippen LogP contribution in [0, 0.1) is 10.1 Å². The zero-order chi connectivity index (χ0) is 25.0. The number of nitrogens with zero attached hydrogens (tertiary/aromatic N) is 2. The Balaban J connectivity index is 1.60. The van der Waals surface area contributed by atoms with Crippen LogP contribution < -0.4 is 14.0 Å². The van der Waals surface area contributed by atoms with E-state index in [1.54, 1.807) is 49.4 Å². The van der Waals surface area contributed by atoms with E-state index in [0.29, 0.717) is 23.4 Å². The number of imidazole rings is 1. The summed E-state index contributed by atoms with van der Waals surface area (Å²) in [4.78, 5) is 26.7. The zero-order valence-corrected chi connectivity index (χ0v) is 20.1. The number of ether oxygens (including phenoxy) is 1. The molecule has 0 saturated carbocycles. The SMILES string of the molecule is CCOc1ccc(NC(=O)CSc2[nH]c3ccccc3[n+]2S(=O)(=O)c2ccccc2)c([N+](=O)[O-])c1. The molecule has 0 unspecified atom stereocenters. The number of rotatable bonds is 9. The van der Waals surface area contributed by atoms with Crippen LogP contribution in [-0.4, -0.2) is 36.6 Å². The normalized spacial score (nSPS) is 11.3. The number of nitro groups is 1. The Hall–Kier alpha value is -3.90. The van der Waals surface area contributed by atoms with Gasteiger partial charge in [-0.2, -0.15) is 8.42 Å². The predicted octanol–water partition coefficient (Wildman–Crippen LogP) is 3.73. The number of para-hydroxylation sites is 2. The molecule has 0 saturated heterocycles. The molecule has 0 bridgehead atoms. The largest absolute Gasteiger partial charge is 0.494 e. The highest BCUT2D eigenvalue weighted by Gasteiger charge is 2.32. The molecule has 3 aromatic carbocycles. The number of nitro benzene ring substituents is 1. The summed E-state index contributed by atoms with van der Waals surface area (Å²) < 4.78 is 33.3. The number of carbonyl (C=O) groups excluding carboxylic acids is 1. The van der Waals surface area contributed by atoms with Crippen molar-refractivity contribution in [3.63, 3.8) is 0 Å². The third-order valence-corrected chi connectivity index (χ3v) is 7.73. The molecule has 0 aliphatic heterocycles. The van der Waals surface area contributed by atoms with Gasteiger partial charge in [0.25, 0.3) is 5.69 Å². The van der Waals surface area contributed by atoms with Gasteiger partial charge in [0.2, 0.25) is 5.91 Å². The molecule has 4 aromatic rings. The van der Waals surface area contributed by atoms with E-state index in [1.165, 1.54) is 30.3 Å². The minimum Gasteiger partial charge on any atom is -0.494 e. The molecule has 0 radical (unpaired) electrons. The zero-order valence-electron chi connectivity index (χ0n) is 18.5. The van der Waals surface area contributed by atoms with Crippen LogP contribution in [0.3, 0.4) is 0 Å². The predicted molar refractivity (Wildman–Crippen MR) is 131 cm³/mol. The fourth-order valence-electron chi connectivity index (χ4n) is 3.41.